The first-order valence-electron chi connectivity index (χ1n) is 4.28. The Morgan fingerprint density at radius 1 is 1.62 bits per heavy atom. The number of carboxylic acid groups (broad SMARTS) is 1. The van der Waals surface area contributed by atoms with Crippen LogP contribution in [-0.4, -0.2) is 25.8 Å². The predicted octanol–water partition coefficient (Wildman–Crippen LogP) is -0.121. The van der Waals surface area contributed by atoms with E-state index in [0.29, 0.717) is 5.82 Å². The molecule has 8 heteroatoms. The van der Waals surface area contributed by atoms with Crippen LogP contribution in [0.1, 0.15) is 22.2 Å². The van der Waals surface area contributed by atoms with Crippen molar-refractivity contribution in [2.24, 2.45) is 0 Å². The molecule has 1 N–H and O–H groups in total. The summed E-state index contributed by atoms with van der Waals surface area (Å²) in [5.74, 6) is -1.37. The first kappa shape index (κ1) is 10.1. The van der Waals surface area contributed by atoms with Crippen LogP contribution in [0.3, 0.4) is 0 Å². The van der Waals surface area contributed by atoms with E-state index in [2.05, 4.69) is 14.7 Å². The van der Waals surface area contributed by atoms with Gasteiger partial charge >= 0.3 is 11.7 Å². The van der Waals surface area contributed by atoms with Crippen LogP contribution in [0.15, 0.2) is 20.0 Å². The first-order chi connectivity index (χ1) is 7.58. The van der Waals surface area contributed by atoms with Crippen LogP contribution in [0.25, 0.3) is 0 Å². The largest absolute Gasteiger partial charge is 0.476 e. The number of aryl methyl sites for hydroxylation is 1. The average molecular weight is 225 g/mol. The van der Waals surface area contributed by atoms with E-state index in [1.54, 1.807) is 6.92 Å². The molecule has 0 aliphatic heterocycles. The second-order valence-corrected chi connectivity index (χ2v) is 3.01. The summed E-state index contributed by atoms with van der Waals surface area (Å²) in [6.07, 6.45) is 1.01. The molecule has 0 spiro atoms. The van der Waals surface area contributed by atoms with Crippen LogP contribution in [0.5, 0.6) is 0 Å². The second-order valence-electron chi connectivity index (χ2n) is 3.01. The van der Waals surface area contributed by atoms with Gasteiger partial charge in [0.05, 0.1) is 0 Å². The third-order valence-electron chi connectivity index (χ3n) is 1.93. The van der Waals surface area contributed by atoms with Gasteiger partial charge in [-0.3, -0.25) is 9.09 Å². The van der Waals surface area contributed by atoms with Crippen LogP contribution >= 0.6 is 0 Å². The standard InChI is InChI=1S/C8H7N3O5/c1-4-10-16-8(14)11(4)2-6-9-5(3-15-6)7(12)13/h3H,2H2,1H3,(H,12,13). The lowest BCUT2D eigenvalue weighted by Crippen LogP contribution is -2.16. The van der Waals surface area contributed by atoms with Crippen LogP contribution in [-0.2, 0) is 6.54 Å². The van der Waals surface area contributed by atoms with E-state index in [9.17, 15) is 9.59 Å². The summed E-state index contributed by atoms with van der Waals surface area (Å²) >= 11 is 0. The minimum Gasteiger partial charge on any atom is -0.476 e. The molecule has 16 heavy (non-hydrogen) atoms. The van der Waals surface area contributed by atoms with Gasteiger partial charge < -0.3 is 9.52 Å². The number of aromatic nitrogens is 3. The van der Waals surface area contributed by atoms with Gasteiger partial charge in [0.15, 0.2) is 11.5 Å². The fourth-order valence-corrected chi connectivity index (χ4v) is 1.13. The minimum atomic E-state index is -1.19. The van der Waals surface area contributed by atoms with E-state index in [-0.39, 0.29) is 18.1 Å². The molecule has 0 aliphatic carbocycles. The Morgan fingerprint density at radius 3 is 2.88 bits per heavy atom. The molecule has 2 aromatic rings. The fourth-order valence-electron chi connectivity index (χ4n) is 1.13. The Kier molecular flexibility index (Phi) is 2.31. The molecule has 0 saturated heterocycles. The van der Waals surface area contributed by atoms with Crippen LogP contribution in [0.2, 0.25) is 0 Å². The van der Waals surface area contributed by atoms with Crippen molar-refractivity contribution in [1.82, 2.24) is 14.7 Å². The van der Waals surface area contributed by atoms with E-state index in [0.717, 1.165) is 6.26 Å². The van der Waals surface area contributed by atoms with Gasteiger partial charge in [0.2, 0.25) is 5.89 Å². The van der Waals surface area contributed by atoms with E-state index >= 15 is 0 Å². The molecule has 0 radical (unpaired) electrons. The third-order valence-corrected chi connectivity index (χ3v) is 1.93. The average Bonchev–Trinajstić information content (AvgIpc) is 2.80. The number of aromatic carboxylic acids is 1. The Hall–Kier alpha value is -2.38. The smallest absolute Gasteiger partial charge is 0.442 e. The maximum Gasteiger partial charge on any atom is 0.442 e. The maximum absolute atomic E-state index is 11.1. The summed E-state index contributed by atoms with van der Waals surface area (Å²) in [6.45, 7) is 1.56. The van der Waals surface area contributed by atoms with Crippen LogP contribution < -0.4 is 5.76 Å². The number of carbonyl (C=O) groups is 1. The predicted molar refractivity (Wildman–Crippen MR) is 48.1 cm³/mol. The quantitative estimate of drug-likeness (QED) is 0.774. The van der Waals surface area contributed by atoms with Crippen LogP contribution in [0, 0.1) is 6.92 Å². The van der Waals surface area contributed by atoms with Gasteiger partial charge in [0.1, 0.15) is 12.8 Å². The number of rotatable bonds is 3. The van der Waals surface area contributed by atoms with Crippen molar-refractivity contribution in [3.8, 4) is 0 Å². The summed E-state index contributed by atoms with van der Waals surface area (Å²) in [4.78, 5) is 25.3. The number of oxazole rings is 1. The maximum atomic E-state index is 11.1. The van der Waals surface area contributed by atoms with Crippen molar-refractivity contribution in [2.75, 3.05) is 0 Å². The summed E-state index contributed by atoms with van der Waals surface area (Å²) in [6, 6.07) is 0. The molecule has 0 fully saturated rings. The molecule has 0 bridgehead atoms. The SMILES string of the molecule is Cc1noc(=O)n1Cc1nc(C(=O)O)co1. The molecule has 0 aromatic carbocycles. The molecular weight excluding hydrogens is 218 g/mol. The van der Waals surface area contributed by atoms with Crippen molar-refractivity contribution in [3.63, 3.8) is 0 Å². The van der Waals surface area contributed by atoms with Gasteiger partial charge in [-0.25, -0.2) is 14.6 Å². The van der Waals surface area contributed by atoms with Gasteiger partial charge in [-0.1, -0.05) is 5.16 Å². The van der Waals surface area contributed by atoms with Crippen molar-refractivity contribution < 1.29 is 18.8 Å². The zero-order valence-corrected chi connectivity index (χ0v) is 8.21. The molecule has 0 saturated carbocycles. The summed E-state index contributed by atoms with van der Waals surface area (Å²) in [5, 5.41) is 12.1. The molecule has 0 amide bonds. The fraction of sp³-hybridized carbons (Fsp3) is 0.250. The van der Waals surface area contributed by atoms with Gasteiger partial charge in [0.25, 0.3) is 0 Å². The zero-order valence-electron chi connectivity index (χ0n) is 8.21. The molecule has 8 nitrogen and oxygen atoms in total. The van der Waals surface area contributed by atoms with Gasteiger partial charge in [-0.2, -0.15) is 0 Å². The number of hydrogen-bond donors (Lipinski definition) is 1. The second kappa shape index (κ2) is 3.65. The molecule has 0 aliphatic rings. The lowest BCUT2D eigenvalue weighted by atomic mass is 10.5. The minimum absolute atomic E-state index is 0.0125. The zero-order chi connectivity index (χ0) is 11.7. The first-order valence-corrected chi connectivity index (χ1v) is 4.28. The molecule has 2 rings (SSSR count). The Labute approximate surface area is 88.1 Å². The Morgan fingerprint density at radius 2 is 2.38 bits per heavy atom. The highest BCUT2D eigenvalue weighted by Crippen LogP contribution is 2.04. The van der Waals surface area contributed by atoms with Crippen LogP contribution in [0.4, 0.5) is 0 Å². The van der Waals surface area contributed by atoms with E-state index in [1.165, 1.54) is 4.57 Å². The highest BCUT2D eigenvalue weighted by Gasteiger charge is 2.13. The van der Waals surface area contributed by atoms with Gasteiger partial charge in [0, 0.05) is 0 Å². The Bertz CT molecular complexity index is 579. The van der Waals surface area contributed by atoms with E-state index in [4.69, 9.17) is 9.52 Å². The highest BCUT2D eigenvalue weighted by molar-refractivity contribution is 5.84. The summed E-state index contributed by atoms with van der Waals surface area (Å²) < 4.78 is 10.5. The molecule has 0 atom stereocenters. The van der Waals surface area contributed by atoms with Crippen molar-refractivity contribution in [1.29, 1.82) is 0 Å². The van der Waals surface area contributed by atoms with Gasteiger partial charge in [-0.15, -0.1) is 0 Å². The lowest BCUT2D eigenvalue weighted by molar-refractivity contribution is 0.0690. The molecular formula is C8H7N3O5. The van der Waals surface area contributed by atoms with E-state index < -0.39 is 11.7 Å². The normalized spacial score (nSPS) is 10.6. The monoisotopic (exact) mass is 225 g/mol. The summed E-state index contributed by atoms with van der Waals surface area (Å²) in [5.41, 5.74) is -0.211. The molecule has 2 heterocycles. The van der Waals surface area contributed by atoms with Crippen molar-refractivity contribution in [3.05, 3.63) is 34.2 Å². The topological polar surface area (TPSA) is 111 Å². The highest BCUT2D eigenvalue weighted by atomic mass is 16.5. The molecule has 84 valence electrons. The number of nitrogens with zero attached hydrogens (tertiary/aromatic N) is 3. The third kappa shape index (κ3) is 1.72. The van der Waals surface area contributed by atoms with Crippen molar-refractivity contribution >= 4 is 5.97 Å². The van der Waals surface area contributed by atoms with E-state index in [1.807, 2.05) is 0 Å². The van der Waals surface area contributed by atoms with Crippen molar-refractivity contribution in [2.45, 2.75) is 13.5 Å². The lowest BCUT2D eigenvalue weighted by Gasteiger charge is -1.95. The Balaban J connectivity index is 2.27. The number of carboxylic acids is 1. The number of hydrogen-bond acceptors (Lipinski definition) is 6. The molecule has 2 aromatic heterocycles. The summed E-state index contributed by atoms with van der Waals surface area (Å²) in [7, 11) is 0. The van der Waals surface area contributed by atoms with Gasteiger partial charge in [-0.05, 0) is 6.92 Å². The molecule has 0 unspecified atom stereocenters.